The molecule has 27 heavy (non-hydrogen) atoms. The summed E-state index contributed by atoms with van der Waals surface area (Å²) in [5.41, 5.74) is 9.75. The van der Waals surface area contributed by atoms with Crippen LogP contribution in [0.25, 0.3) is 0 Å². The molecule has 1 aromatic carbocycles. The molecule has 1 heterocycles. The van der Waals surface area contributed by atoms with Crippen LogP contribution in [0.3, 0.4) is 0 Å². The number of aryl methyl sites for hydroxylation is 1. The third kappa shape index (κ3) is 6.24. The molecule has 0 amide bonds. The SMILES string of the molecule is CCCCCNc1nc(N)nc(C)c1Cc1ccccc1CC(=O)OCC. The zero-order valence-corrected chi connectivity index (χ0v) is 16.5. The van der Waals surface area contributed by atoms with Crippen LogP contribution in [-0.4, -0.2) is 29.1 Å². The fourth-order valence-corrected chi connectivity index (χ4v) is 3.02. The number of nitrogens with one attached hydrogen (secondary N) is 1. The lowest BCUT2D eigenvalue weighted by Gasteiger charge is -2.16. The largest absolute Gasteiger partial charge is 0.466 e. The molecule has 146 valence electrons. The molecule has 3 N–H and O–H groups in total. The molecule has 0 radical (unpaired) electrons. The molecule has 0 unspecified atom stereocenters. The quantitative estimate of drug-likeness (QED) is 0.490. The summed E-state index contributed by atoms with van der Waals surface area (Å²) in [4.78, 5) is 20.7. The molecule has 1 aromatic heterocycles. The smallest absolute Gasteiger partial charge is 0.310 e. The Labute approximate surface area is 161 Å². The van der Waals surface area contributed by atoms with Crippen LogP contribution in [0.15, 0.2) is 24.3 Å². The lowest BCUT2D eigenvalue weighted by Crippen LogP contribution is -2.13. The lowest BCUT2D eigenvalue weighted by atomic mass is 9.97. The second kappa shape index (κ2) is 10.5. The Kier molecular flexibility index (Phi) is 8.04. The minimum Gasteiger partial charge on any atom is -0.466 e. The molecule has 6 nitrogen and oxygen atoms in total. The highest BCUT2D eigenvalue weighted by molar-refractivity contribution is 5.73. The molecular weight excluding hydrogens is 340 g/mol. The van der Waals surface area contributed by atoms with Gasteiger partial charge in [-0.1, -0.05) is 44.0 Å². The van der Waals surface area contributed by atoms with E-state index in [1.165, 1.54) is 12.8 Å². The Morgan fingerprint density at radius 1 is 1.15 bits per heavy atom. The summed E-state index contributed by atoms with van der Waals surface area (Å²) in [6.45, 7) is 7.17. The Hall–Kier alpha value is -2.63. The van der Waals surface area contributed by atoms with E-state index in [9.17, 15) is 4.79 Å². The summed E-state index contributed by atoms with van der Waals surface area (Å²) in [6, 6.07) is 7.92. The molecule has 0 atom stereocenters. The van der Waals surface area contributed by atoms with Crippen LogP contribution >= 0.6 is 0 Å². The van der Waals surface area contributed by atoms with Crippen molar-refractivity contribution in [1.29, 1.82) is 0 Å². The third-order valence-electron chi connectivity index (χ3n) is 4.43. The molecule has 0 saturated carbocycles. The van der Waals surface area contributed by atoms with E-state index in [0.29, 0.717) is 13.0 Å². The number of nitrogens with zero attached hydrogens (tertiary/aromatic N) is 2. The molecule has 0 bridgehead atoms. The van der Waals surface area contributed by atoms with Gasteiger partial charge in [-0.15, -0.1) is 0 Å². The van der Waals surface area contributed by atoms with E-state index in [1.807, 2.05) is 38.1 Å². The van der Waals surface area contributed by atoms with Crippen LogP contribution in [0.1, 0.15) is 55.5 Å². The number of ether oxygens (including phenoxy) is 1. The average molecular weight is 370 g/mol. The van der Waals surface area contributed by atoms with E-state index < -0.39 is 0 Å². The summed E-state index contributed by atoms with van der Waals surface area (Å²) < 4.78 is 5.10. The first kappa shape index (κ1) is 20.7. The van der Waals surface area contributed by atoms with Gasteiger partial charge in [0.2, 0.25) is 5.95 Å². The lowest BCUT2D eigenvalue weighted by molar-refractivity contribution is -0.142. The number of hydrogen-bond acceptors (Lipinski definition) is 6. The van der Waals surface area contributed by atoms with Crippen molar-refractivity contribution in [2.45, 2.75) is 52.9 Å². The van der Waals surface area contributed by atoms with E-state index >= 15 is 0 Å². The number of aromatic nitrogens is 2. The van der Waals surface area contributed by atoms with E-state index in [-0.39, 0.29) is 18.3 Å². The third-order valence-corrected chi connectivity index (χ3v) is 4.43. The maximum absolute atomic E-state index is 11.9. The first-order valence-corrected chi connectivity index (χ1v) is 9.64. The molecule has 0 aliphatic heterocycles. The van der Waals surface area contributed by atoms with E-state index in [0.717, 1.165) is 41.2 Å². The van der Waals surface area contributed by atoms with Crippen molar-refractivity contribution in [2.24, 2.45) is 0 Å². The van der Waals surface area contributed by atoms with E-state index in [1.54, 1.807) is 0 Å². The van der Waals surface area contributed by atoms with Crippen molar-refractivity contribution < 1.29 is 9.53 Å². The van der Waals surface area contributed by atoms with Gasteiger partial charge in [0.15, 0.2) is 0 Å². The molecular formula is C21H30N4O2. The van der Waals surface area contributed by atoms with Crippen LogP contribution in [0.4, 0.5) is 11.8 Å². The normalized spacial score (nSPS) is 10.6. The van der Waals surface area contributed by atoms with Crippen molar-refractivity contribution in [3.05, 3.63) is 46.6 Å². The van der Waals surface area contributed by atoms with E-state index in [2.05, 4.69) is 22.2 Å². The topological polar surface area (TPSA) is 90.1 Å². The minimum atomic E-state index is -0.215. The van der Waals surface area contributed by atoms with Crippen LogP contribution < -0.4 is 11.1 Å². The maximum atomic E-state index is 11.9. The van der Waals surface area contributed by atoms with Crippen LogP contribution in [-0.2, 0) is 22.4 Å². The van der Waals surface area contributed by atoms with Crippen LogP contribution in [0, 0.1) is 6.92 Å². The zero-order valence-electron chi connectivity index (χ0n) is 16.5. The van der Waals surface area contributed by atoms with Gasteiger partial charge in [-0.2, -0.15) is 4.98 Å². The fraction of sp³-hybridized carbons (Fsp3) is 0.476. The summed E-state index contributed by atoms with van der Waals surface area (Å²) in [6.07, 6.45) is 4.32. The first-order valence-electron chi connectivity index (χ1n) is 9.64. The monoisotopic (exact) mass is 370 g/mol. The molecule has 0 saturated heterocycles. The average Bonchev–Trinajstić information content (AvgIpc) is 2.63. The molecule has 0 spiro atoms. The van der Waals surface area contributed by atoms with Gasteiger partial charge in [-0.05, 0) is 31.4 Å². The number of carbonyl (C=O) groups is 1. The Balaban J connectivity index is 2.25. The number of esters is 1. The van der Waals surface area contributed by atoms with Crippen molar-refractivity contribution in [1.82, 2.24) is 9.97 Å². The van der Waals surface area contributed by atoms with Crippen molar-refractivity contribution >= 4 is 17.7 Å². The highest BCUT2D eigenvalue weighted by Crippen LogP contribution is 2.23. The van der Waals surface area contributed by atoms with E-state index in [4.69, 9.17) is 10.5 Å². The number of benzene rings is 1. The number of rotatable bonds is 10. The summed E-state index contributed by atoms with van der Waals surface area (Å²) >= 11 is 0. The molecule has 0 fully saturated rings. The van der Waals surface area contributed by atoms with Gasteiger partial charge in [0, 0.05) is 24.2 Å². The summed E-state index contributed by atoms with van der Waals surface area (Å²) in [7, 11) is 0. The van der Waals surface area contributed by atoms with Gasteiger partial charge in [-0.3, -0.25) is 4.79 Å². The molecule has 6 heteroatoms. The second-order valence-corrected chi connectivity index (χ2v) is 6.56. The van der Waals surface area contributed by atoms with Gasteiger partial charge in [-0.25, -0.2) is 4.98 Å². The molecule has 0 aliphatic rings. The number of anilines is 2. The molecule has 0 aliphatic carbocycles. The van der Waals surface area contributed by atoms with Gasteiger partial charge in [0.05, 0.1) is 13.0 Å². The van der Waals surface area contributed by atoms with Crippen LogP contribution in [0.5, 0.6) is 0 Å². The van der Waals surface area contributed by atoms with Crippen molar-refractivity contribution in [3.63, 3.8) is 0 Å². The minimum absolute atomic E-state index is 0.215. The standard InChI is InChI=1S/C21H30N4O2/c1-4-6-9-12-23-20-18(15(3)24-21(22)25-20)13-16-10-7-8-11-17(16)14-19(26)27-5-2/h7-8,10-11H,4-6,9,12-14H2,1-3H3,(H3,22,23,24,25). The maximum Gasteiger partial charge on any atom is 0.310 e. The molecule has 2 rings (SSSR count). The number of nitrogen functional groups attached to an aromatic ring is 1. The number of carbonyl (C=O) groups excluding carboxylic acids is 1. The molecule has 2 aromatic rings. The summed E-state index contributed by atoms with van der Waals surface area (Å²) in [5.74, 6) is 0.837. The number of nitrogens with two attached hydrogens (primary N) is 1. The van der Waals surface area contributed by atoms with Crippen molar-refractivity contribution in [2.75, 3.05) is 24.2 Å². The number of hydrogen-bond donors (Lipinski definition) is 2. The van der Waals surface area contributed by atoms with Gasteiger partial charge in [0.1, 0.15) is 5.82 Å². The van der Waals surface area contributed by atoms with Crippen molar-refractivity contribution in [3.8, 4) is 0 Å². The Morgan fingerprint density at radius 3 is 2.59 bits per heavy atom. The van der Waals surface area contributed by atoms with Gasteiger partial charge >= 0.3 is 5.97 Å². The predicted octanol–water partition coefficient (Wildman–Crippen LogP) is 3.67. The Bertz CT molecular complexity index is 762. The zero-order chi connectivity index (χ0) is 19.6. The first-order chi connectivity index (χ1) is 13.0. The highest BCUT2D eigenvalue weighted by Gasteiger charge is 2.15. The fourth-order valence-electron chi connectivity index (χ4n) is 3.02. The Morgan fingerprint density at radius 2 is 1.89 bits per heavy atom. The second-order valence-electron chi connectivity index (χ2n) is 6.56. The van der Waals surface area contributed by atoms with Crippen LogP contribution in [0.2, 0.25) is 0 Å². The predicted molar refractivity (Wildman–Crippen MR) is 109 cm³/mol. The highest BCUT2D eigenvalue weighted by atomic mass is 16.5. The number of unbranched alkanes of at least 4 members (excludes halogenated alkanes) is 2. The summed E-state index contributed by atoms with van der Waals surface area (Å²) in [5, 5.41) is 3.41. The van der Waals surface area contributed by atoms with Gasteiger partial charge < -0.3 is 15.8 Å². The van der Waals surface area contributed by atoms with Gasteiger partial charge in [0.25, 0.3) is 0 Å².